The molecule has 4 amide bonds. The van der Waals surface area contributed by atoms with Crippen molar-refractivity contribution in [2.75, 3.05) is 27.2 Å². The summed E-state index contributed by atoms with van der Waals surface area (Å²) in [4.78, 5) is 63.7. The molecule has 0 saturated carbocycles. The minimum Gasteiger partial charge on any atom is -0.456 e. The molecule has 4 aromatic rings. The number of carbonyl (C=O) groups is 4. The van der Waals surface area contributed by atoms with Crippen LogP contribution >= 0.6 is 0 Å². The maximum atomic E-state index is 15.9. The average molecular weight is 1330 g/mol. The Bertz CT molecular complexity index is 2850. The number of carbonyl (C=O) groups excluding carboxylic acids is 4. The highest BCUT2D eigenvalue weighted by Crippen LogP contribution is 2.59. The van der Waals surface area contributed by atoms with Crippen molar-refractivity contribution >= 4 is 23.6 Å². The summed E-state index contributed by atoms with van der Waals surface area (Å²) >= 11 is 0. The van der Waals surface area contributed by atoms with Crippen molar-refractivity contribution in [1.82, 2.24) is 21.3 Å². The number of nitrogens with one attached hydrogen (secondary N) is 4. The number of ether oxygens (including phenoxy) is 8. The highest BCUT2D eigenvalue weighted by molar-refractivity contribution is 6.05. The van der Waals surface area contributed by atoms with Gasteiger partial charge in [0.1, 0.15) is 68.2 Å². The number of hydrogen-bond acceptors (Lipinski definition) is 12. The molecule has 4 heterocycles. The molecule has 96 heavy (non-hydrogen) atoms. The Morgan fingerprint density at radius 1 is 0.281 bits per heavy atom. The summed E-state index contributed by atoms with van der Waals surface area (Å²) in [5.74, 6) is -1.18. The fourth-order valence-electron chi connectivity index (χ4n) is 14.8. The van der Waals surface area contributed by atoms with E-state index in [1.807, 2.05) is 83.1 Å². The van der Waals surface area contributed by atoms with Crippen LogP contribution in [-0.2, 0) is 0 Å². The van der Waals surface area contributed by atoms with E-state index in [9.17, 15) is 0 Å². The van der Waals surface area contributed by atoms with Gasteiger partial charge in [0.25, 0.3) is 23.6 Å². The molecule has 8 bridgehead atoms. The van der Waals surface area contributed by atoms with Gasteiger partial charge in [-0.25, -0.2) is 0 Å². The molecule has 0 spiro atoms. The lowest BCUT2D eigenvalue weighted by Crippen LogP contribution is -2.42. The van der Waals surface area contributed by atoms with E-state index in [-0.39, 0.29) is 73.1 Å². The van der Waals surface area contributed by atoms with Gasteiger partial charge in [-0.05, 0) is 133 Å². The van der Waals surface area contributed by atoms with E-state index in [4.69, 9.17) is 37.9 Å². The fourth-order valence-corrected chi connectivity index (χ4v) is 14.8. The molecule has 0 aromatic heterocycles. The SMILES string of the molecule is CCCCCCCC1c2cc3c4c(C(=O)NC(C)(C)C)c2OCOc2c1cc1c(c2C(=O)NC(C)(C)C)OCOc2c(cc5c(c2C(=O)NC(C)(C)C)OCOc2c(cc(c(c2C(=O)NC(C)(C)C)OCO4)C3CCCCCCC)C5CCCCCCC)C1CCCCCCC. The van der Waals surface area contributed by atoms with E-state index in [1.54, 1.807) is 0 Å². The van der Waals surface area contributed by atoms with Crippen LogP contribution in [0.5, 0.6) is 46.0 Å². The van der Waals surface area contributed by atoms with Gasteiger partial charge in [0.2, 0.25) is 27.2 Å². The normalized spacial score (nSPS) is 17.6. The Morgan fingerprint density at radius 2 is 0.438 bits per heavy atom. The van der Waals surface area contributed by atoms with Crippen LogP contribution in [0.3, 0.4) is 0 Å². The van der Waals surface area contributed by atoms with Crippen LogP contribution in [0.25, 0.3) is 0 Å². The molecule has 0 radical (unpaired) electrons. The number of amides is 4. The second-order valence-corrected chi connectivity index (χ2v) is 31.8. The van der Waals surface area contributed by atoms with Crippen LogP contribution in [-0.4, -0.2) is 73.0 Å². The summed E-state index contributed by atoms with van der Waals surface area (Å²) in [7, 11) is 0. The van der Waals surface area contributed by atoms with Gasteiger partial charge >= 0.3 is 0 Å². The van der Waals surface area contributed by atoms with Gasteiger partial charge in [0.05, 0.1) is 0 Å². The zero-order chi connectivity index (χ0) is 69.3. The quantitative estimate of drug-likeness (QED) is 0.0394. The first-order valence-electron chi connectivity index (χ1n) is 36.8. The lowest BCUT2D eigenvalue weighted by atomic mass is 9.74. The molecule has 0 saturated heterocycles. The number of benzene rings is 4. The van der Waals surface area contributed by atoms with Crippen LogP contribution < -0.4 is 59.2 Å². The van der Waals surface area contributed by atoms with Crippen molar-refractivity contribution < 1.29 is 57.1 Å². The molecular weight excluding hydrogens is 1210 g/mol. The Balaban J connectivity index is 1.56. The minimum absolute atomic E-state index is 0.222. The second kappa shape index (κ2) is 31.8. The van der Waals surface area contributed by atoms with E-state index < -0.39 is 45.8 Å². The van der Waals surface area contributed by atoms with Gasteiger partial charge in [-0.3, -0.25) is 19.2 Å². The predicted molar refractivity (Wildman–Crippen MR) is 380 cm³/mol. The molecule has 5 aliphatic rings. The van der Waals surface area contributed by atoms with Gasteiger partial charge in [-0.1, -0.05) is 156 Å². The van der Waals surface area contributed by atoms with Crippen LogP contribution in [0.4, 0.5) is 0 Å². The van der Waals surface area contributed by atoms with Crippen molar-refractivity contribution in [2.45, 2.75) is 311 Å². The van der Waals surface area contributed by atoms with E-state index in [0.29, 0.717) is 71.7 Å². The summed E-state index contributed by atoms with van der Waals surface area (Å²) in [6.45, 7) is 30.9. The van der Waals surface area contributed by atoms with Crippen molar-refractivity contribution in [3.63, 3.8) is 0 Å². The van der Waals surface area contributed by atoms with E-state index >= 15 is 19.2 Å². The average Bonchev–Trinajstić information content (AvgIpc) is 0.722. The first-order chi connectivity index (χ1) is 45.7. The van der Waals surface area contributed by atoms with E-state index in [2.05, 4.69) is 73.2 Å². The minimum atomic E-state index is -0.699. The molecule has 9 rings (SSSR count). The lowest BCUT2D eigenvalue weighted by molar-refractivity contribution is 0.0820. The van der Waals surface area contributed by atoms with Crippen molar-refractivity contribution in [3.8, 4) is 46.0 Å². The van der Waals surface area contributed by atoms with Crippen molar-refractivity contribution in [3.05, 3.63) is 91.0 Å². The third-order valence-electron chi connectivity index (χ3n) is 19.0. The van der Waals surface area contributed by atoms with Gasteiger partial charge in [-0.15, -0.1) is 0 Å². The molecule has 0 unspecified atom stereocenters. The largest absolute Gasteiger partial charge is 0.456 e. The Hall–Kier alpha value is -6.84. The van der Waals surface area contributed by atoms with Crippen LogP contribution in [0.2, 0.25) is 0 Å². The molecular formula is C80H116N4O12. The monoisotopic (exact) mass is 1320 g/mol. The summed E-state index contributed by atoms with van der Waals surface area (Å²) in [6.07, 6.45) is 21.9. The van der Waals surface area contributed by atoms with E-state index in [1.165, 1.54) is 0 Å². The Morgan fingerprint density at radius 3 is 0.583 bits per heavy atom. The standard InChI is InChI=1S/C80H116N4O12/c1-17-21-25-29-33-37-49-53-41-55-50(38-34-30-26-22-18-2)57-43-59-52(40-36-32-28-24-20-4)60-44-58-51(39-35-31-27-23-19-3)56-42-54(49)66-62(74(86)82-78(8,9)10)68(56)92-47-94-70(58)64(76(88)84-80(14,15)16)72(60)96-48-95-71(59)63(75(87)83-79(11,12)13)69(57)93-46-91-67(55)61(65(53)89-45-90-66)73(85)81-77(5,6)7/h41-44,49-52H,17-40,45-48H2,1-16H3,(H,81,85)(H,82,86)(H,83,87)(H,84,88). The fraction of sp³-hybridized carbons (Fsp3) is 0.650. The van der Waals surface area contributed by atoms with Gasteiger partial charge in [0.15, 0.2) is 0 Å². The maximum Gasteiger partial charge on any atom is 0.259 e. The molecule has 1 aliphatic carbocycles. The molecule has 528 valence electrons. The highest BCUT2D eigenvalue weighted by atomic mass is 16.7. The summed E-state index contributed by atoms with van der Waals surface area (Å²) in [5.41, 5.74) is 4.14. The lowest BCUT2D eigenvalue weighted by Gasteiger charge is -2.38. The molecule has 16 heteroatoms. The molecule has 16 nitrogen and oxygen atoms in total. The van der Waals surface area contributed by atoms with Crippen LogP contribution in [0.15, 0.2) is 24.3 Å². The molecule has 0 fully saturated rings. The van der Waals surface area contributed by atoms with Gasteiger partial charge in [0, 0.05) is 90.3 Å². The topological polar surface area (TPSA) is 190 Å². The predicted octanol–water partition coefficient (Wildman–Crippen LogP) is 19.0. The number of hydrogen-bond donors (Lipinski definition) is 4. The molecule has 0 atom stereocenters. The second-order valence-electron chi connectivity index (χ2n) is 31.8. The van der Waals surface area contributed by atoms with E-state index in [0.717, 1.165) is 173 Å². The summed E-state index contributed by atoms with van der Waals surface area (Å²) in [5, 5.41) is 13.4. The molecule has 4 N–H and O–H groups in total. The zero-order valence-corrected chi connectivity index (χ0v) is 61.3. The summed E-state index contributed by atoms with van der Waals surface area (Å²) < 4.78 is 56.6. The zero-order valence-electron chi connectivity index (χ0n) is 61.3. The van der Waals surface area contributed by atoms with Crippen LogP contribution in [0, 0.1) is 0 Å². The van der Waals surface area contributed by atoms with Gasteiger partial charge < -0.3 is 59.2 Å². The summed E-state index contributed by atoms with van der Waals surface area (Å²) in [6, 6.07) is 8.90. The third-order valence-corrected chi connectivity index (χ3v) is 19.0. The highest BCUT2D eigenvalue weighted by Gasteiger charge is 2.45. The third kappa shape index (κ3) is 17.3. The first-order valence-corrected chi connectivity index (χ1v) is 36.8. The smallest absolute Gasteiger partial charge is 0.259 e. The first kappa shape index (κ1) is 73.4. The Labute approximate surface area is 574 Å². The van der Waals surface area contributed by atoms with Gasteiger partial charge in [-0.2, -0.15) is 0 Å². The van der Waals surface area contributed by atoms with Crippen molar-refractivity contribution in [1.29, 1.82) is 0 Å². The Kier molecular flexibility index (Phi) is 24.3. The maximum absolute atomic E-state index is 15.9. The van der Waals surface area contributed by atoms with Crippen LogP contribution in [0.1, 0.15) is 374 Å². The number of unbranched alkanes of at least 4 members (excludes halogenated alkanes) is 16. The van der Waals surface area contributed by atoms with Crippen molar-refractivity contribution in [2.24, 2.45) is 0 Å². The molecule has 4 aromatic carbocycles. The molecule has 4 aliphatic heterocycles. The number of rotatable bonds is 28.